The number of aromatic nitrogens is 1. The summed E-state index contributed by atoms with van der Waals surface area (Å²) >= 11 is 0. The van der Waals surface area contributed by atoms with Crippen LogP contribution in [-0.2, 0) is 6.54 Å². The van der Waals surface area contributed by atoms with E-state index < -0.39 is 5.56 Å². The van der Waals surface area contributed by atoms with E-state index in [9.17, 15) is 9.59 Å². The molecule has 0 aliphatic heterocycles. The SMILES string of the molecule is N#CCn1c(=O)c(C=O)cc2ccccc21. The van der Waals surface area contributed by atoms with Crippen molar-refractivity contribution in [2.24, 2.45) is 0 Å². The molecule has 0 saturated carbocycles. The van der Waals surface area contributed by atoms with Gasteiger partial charge in [0.1, 0.15) is 6.54 Å². The minimum absolute atomic E-state index is 0.0545. The average Bonchev–Trinajstić information content (AvgIpc) is 2.32. The Morgan fingerprint density at radius 1 is 1.38 bits per heavy atom. The molecule has 0 saturated heterocycles. The second kappa shape index (κ2) is 3.99. The molecule has 0 amide bonds. The van der Waals surface area contributed by atoms with E-state index in [4.69, 9.17) is 5.26 Å². The monoisotopic (exact) mass is 212 g/mol. The van der Waals surface area contributed by atoms with Crippen LogP contribution in [0, 0.1) is 11.3 Å². The zero-order chi connectivity index (χ0) is 11.5. The van der Waals surface area contributed by atoms with E-state index in [1.165, 1.54) is 4.57 Å². The Balaban J connectivity index is 2.92. The van der Waals surface area contributed by atoms with Crippen LogP contribution in [0.2, 0.25) is 0 Å². The van der Waals surface area contributed by atoms with Crippen molar-refractivity contribution in [1.29, 1.82) is 5.26 Å². The topological polar surface area (TPSA) is 62.9 Å². The summed E-state index contributed by atoms with van der Waals surface area (Å²) in [5.74, 6) is 0. The summed E-state index contributed by atoms with van der Waals surface area (Å²) in [4.78, 5) is 22.5. The minimum Gasteiger partial charge on any atom is -0.298 e. The van der Waals surface area contributed by atoms with E-state index >= 15 is 0 Å². The fourth-order valence-electron chi connectivity index (χ4n) is 1.66. The number of fused-ring (bicyclic) bond motifs is 1. The molecule has 1 aromatic carbocycles. The third-order valence-corrected chi connectivity index (χ3v) is 2.39. The molecular formula is C12H8N2O2. The van der Waals surface area contributed by atoms with Gasteiger partial charge in [-0.1, -0.05) is 18.2 Å². The molecule has 2 aromatic rings. The van der Waals surface area contributed by atoms with Crippen LogP contribution in [0.25, 0.3) is 10.9 Å². The Kier molecular flexibility index (Phi) is 2.52. The lowest BCUT2D eigenvalue weighted by atomic mass is 10.1. The van der Waals surface area contributed by atoms with E-state index in [0.29, 0.717) is 11.8 Å². The standard InChI is InChI=1S/C12H8N2O2/c13-5-6-14-11-4-2-1-3-9(11)7-10(8-15)12(14)16/h1-4,7-8H,6H2. The lowest BCUT2D eigenvalue weighted by Crippen LogP contribution is -2.23. The number of nitrogens with zero attached hydrogens (tertiary/aromatic N) is 2. The number of para-hydroxylation sites is 1. The smallest absolute Gasteiger partial charge is 0.262 e. The van der Waals surface area contributed by atoms with Crippen molar-refractivity contribution < 1.29 is 4.79 Å². The molecule has 0 spiro atoms. The highest BCUT2D eigenvalue weighted by Crippen LogP contribution is 2.12. The predicted molar refractivity (Wildman–Crippen MR) is 59.2 cm³/mol. The summed E-state index contributed by atoms with van der Waals surface area (Å²) in [6.07, 6.45) is 0.517. The van der Waals surface area contributed by atoms with Gasteiger partial charge in [-0.3, -0.25) is 14.2 Å². The molecule has 0 bridgehead atoms. The molecular weight excluding hydrogens is 204 g/mol. The number of aldehydes is 1. The maximum Gasteiger partial charge on any atom is 0.262 e. The lowest BCUT2D eigenvalue weighted by Gasteiger charge is -2.06. The van der Waals surface area contributed by atoms with E-state index in [1.54, 1.807) is 24.3 Å². The van der Waals surface area contributed by atoms with Crippen LogP contribution < -0.4 is 5.56 Å². The highest BCUT2D eigenvalue weighted by atomic mass is 16.1. The van der Waals surface area contributed by atoms with Crippen LogP contribution in [0.3, 0.4) is 0 Å². The van der Waals surface area contributed by atoms with Gasteiger partial charge in [0, 0.05) is 0 Å². The number of pyridine rings is 1. The van der Waals surface area contributed by atoms with Gasteiger partial charge in [-0.2, -0.15) is 5.26 Å². The van der Waals surface area contributed by atoms with Gasteiger partial charge in [0.15, 0.2) is 6.29 Å². The van der Waals surface area contributed by atoms with Crippen molar-refractivity contribution in [1.82, 2.24) is 4.57 Å². The summed E-state index contributed by atoms with van der Waals surface area (Å²) in [6.45, 7) is -0.0545. The average molecular weight is 212 g/mol. The van der Waals surface area contributed by atoms with Gasteiger partial charge in [0.2, 0.25) is 0 Å². The van der Waals surface area contributed by atoms with Gasteiger partial charge in [-0.25, -0.2) is 0 Å². The molecule has 16 heavy (non-hydrogen) atoms. The first-order valence-corrected chi connectivity index (χ1v) is 4.72. The Labute approximate surface area is 91.4 Å². The zero-order valence-electron chi connectivity index (χ0n) is 8.38. The minimum atomic E-state index is -0.421. The molecule has 0 N–H and O–H groups in total. The maximum absolute atomic E-state index is 11.8. The van der Waals surface area contributed by atoms with Crippen molar-refractivity contribution in [2.45, 2.75) is 6.54 Å². The van der Waals surface area contributed by atoms with Gasteiger partial charge in [-0.15, -0.1) is 0 Å². The summed E-state index contributed by atoms with van der Waals surface area (Å²) in [7, 11) is 0. The molecule has 4 nitrogen and oxygen atoms in total. The van der Waals surface area contributed by atoms with E-state index in [-0.39, 0.29) is 12.1 Å². The van der Waals surface area contributed by atoms with Crippen LogP contribution in [0.4, 0.5) is 0 Å². The molecule has 0 radical (unpaired) electrons. The zero-order valence-corrected chi connectivity index (χ0v) is 8.38. The Hall–Kier alpha value is -2.41. The quantitative estimate of drug-likeness (QED) is 0.705. The number of nitriles is 1. The molecule has 0 atom stereocenters. The number of hydrogen-bond acceptors (Lipinski definition) is 3. The molecule has 1 heterocycles. The van der Waals surface area contributed by atoms with Crippen molar-refractivity contribution >= 4 is 17.2 Å². The molecule has 78 valence electrons. The molecule has 0 unspecified atom stereocenters. The lowest BCUT2D eigenvalue weighted by molar-refractivity contribution is 0.112. The molecule has 2 rings (SSSR count). The fourth-order valence-corrected chi connectivity index (χ4v) is 1.66. The normalized spacial score (nSPS) is 9.94. The van der Waals surface area contributed by atoms with Crippen LogP contribution in [0.15, 0.2) is 35.1 Å². The second-order valence-electron chi connectivity index (χ2n) is 3.33. The summed E-state index contributed by atoms with van der Waals surface area (Å²) in [5, 5.41) is 9.45. The van der Waals surface area contributed by atoms with Gasteiger partial charge >= 0.3 is 0 Å². The summed E-state index contributed by atoms with van der Waals surface area (Å²) < 4.78 is 1.30. The summed E-state index contributed by atoms with van der Waals surface area (Å²) in [6, 6.07) is 10.6. The second-order valence-corrected chi connectivity index (χ2v) is 3.33. The highest BCUT2D eigenvalue weighted by molar-refractivity contribution is 5.86. The number of hydrogen-bond donors (Lipinski definition) is 0. The molecule has 1 aromatic heterocycles. The van der Waals surface area contributed by atoms with Gasteiger partial charge < -0.3 is 0 Å². The maximum atomic E-state index is 11.8. The first kappa shape index (κ1) is 10.1. The van der Waals surface area contributed by atoms with Gasteiger partial charge in [0.25, 0.3) is 5.56 Å². The summed E-state index contributed by atoms with van der Waals surface area (Å²) in [5.41, 5.74) is 0.323. The molecule has 0 aliphatic rings. The van der Waals surface area contributed by atoms with E-state index in [0.717, 1.165) is 5.39 Å². The highest BCUT2D eigenvalue weighted by Gasteiger charge is 2.07. The first-order valence-electron chi connectivity index (χ1n) is 4.72. The van der Waals surface area contributed by atoms with Crippen LogP contribution in [0.5, 0.6) is 0 Å². The number of rotatable bonds is 2. The van der Waals surface area contributed by atoms with Gasteiger partial charge in [-0.05, 0) is 17.5 Å². The Morgan fingerprint density at radius 2 is 2.12 bits per heavy atom. The third-order valence-electron chi connectivity index (χ3n) is 2.39. The number of benzene rings is 1. The van der Waals surface area contributed by atoms with Crippen molar-refractivity contribution in [3.05, 3.63) is 46.2 Å². The van der Waals surface area contributed by atoms with Crippen LogP contribution in [0.1, 0.15) is 10.4 Å². The predicted octanol–water partition coefficient (Wildman–Crippen LogP) is 1.34. The Bertz CT molecular complexity index is 650. The first-order chi connectivity index (χ1) is 7.77. The molecule has 4 heteroatoms. The van der Waals surface area contributed by atoms with E-state index in [2.05, 4.69) is 0 Å². The van der Waals surface area contributed by atoms with Crippen LogP contribution >= 0.6 is 0 Å². The largest absolute Gasteiger partial charge is 0.298 e. The van der Waals surface area contributed by atoms with Crippen molar-refractivity contribution in [2.75, 3.05) is 0 Å². The Morgan fingerprint density at radius 3 is 2.81 bits per heavy atom. The van der Waals surface area contributed by atoms with Gasteiger partial charge in [0.05, 0.1) is 17.1 Å². The number of carbonyl (C=O) groups is 1. The molecule has 0 aliphatic carbocycles. The van der Waals surface area contributed by atoms with E-state index in [1.807, 2.05) is 12.1 Å². The third kappa shape index (κ3) is 1.48. The van der Waals surface area contributed by atoms with Crippen molar-refractivity contribution in [3.8, 4) is 6.07 Å². The van der Waals surface area contributed by atoms with Crippen molar-refractivity contribution in [3.63, 3.8) is 0 Å². The molecule has 0 fully saturated rings. The van der Waals surface area contributed by atoms with Crippen LogP contribution in [-0.4, -0.2) is 10.9 Å². The fraction of sp³-hybridized carbons (Fsp3) is 0.0833. The number of carbonyl (C=O) groups excluding carboxylic acids is 1.